The second-order valence-corrected chi connectivity index (χ2v) is 11.8. The average molecular weight is 586 g/mol. The molecule has 2 aliphatic heterocycles. The van der Waals surface area contributed by atoms with Crippen LogP contribution in [0.2, 0.25) is 0 Å². The maximum atomic E-state index is 14.4. The first-order chi connectivity index (χ1) is 19.9. The molecule has 2 aromatic heterocycles. The van der Waals surface area contributed by atoms with Gasteiger partial charge in [0.2, 0.25) is 0 Å². The van der Waals surface area contributed by atoms with E-state index in [-0.39, 0.29) is 17.3 Å². The molecule has 7 nitrogen and oxygen atoms in total. The molecule has 2 aromatic carbocycles. The molecule has 2 fully saturated rings. The Morgan fingerprint density at radius 3 is 2.41 bits per heavy atom. The summed E-state index contributed by atoms with van der Waals surface area (Å²) in [5, 5.41) is 0. The van der Waals surface area contributed by atoms with Gasteiger partial charge in [-0.15, -0.1) is 0 Å². The number of fused-ring (bicyclic) bond motifs is 1. The standard InChI is InChI=1S/C31H28FN5O2S2/c1-21-11-12-27-33-28(35-17-15-34(16-18-35)25-10-6-5-9-24(25)32)23(29(38)37(27)20-21)19-26-30(39)36(31(40)41-26)14-13-22-7-3-2-4-8-22/h2-12,19-20H,13-18H2,1H3/b26-19+. The van der Waals surface area contributed by atoms with Gasteiger partial charge in [-0.2, -0.15) is 0 Å². The summed E-state index contributed by atoms with van der Waals surface area (Å²) in [5.41, 5.74) is 3.23. The third-order valence-electron chi connectivity index (χ3n) is 7.37. The van der Waals surface area contributed by atoms with Crippen molar-refractivity contribution in [3.63, 3.8) is 0 Å². The van der Waals surface area contributed by atoms with E-state index < -0.39 is 0 Å². The number of nitrogens with zero attached hydrogens (tertiary/aromatic N) is 5. The first kappa shape index (κ1) is 27.2. The normalized spacial score (nSPS) is 16.8. The molecule has 0 atom stereocenters. The smallest absolute Gasteiger partial charge is 0.267 e. The molecule has 10 heteroatoms. The third kappa shape index (κ3) is 5.49. The van der Waals surface area contributed by atoms with Crippen molar-refractivity contribution in [1.29, 1.82) is 0 Å². The molecule has 0 aliphatic carbocycles. The molecule has 0 bridgehead atoms. The first-order valence-electron chi connectivity index (χ1n) is 13.5. The predicted molar refractivity (Wildman–Crippen MR) is 167 cm³/mol. The minimum absolute atomic E-state index is 0.208. The van der Waals surface area contributed by atoms with Crippen molar-refractivity contribution in [2.24, 2.45) is 0 Å². The number of hydrogen-bond acceptors (Lipinski definition) is 7. The summed E-state index contributed by atoms with van der Waals surface area (Å²) in [4.78, 5) is 38.2. The van der Waals surface area contributed by atoms with E-state index in [9.17, 15) is 14.0 Å². The number of carbonyl (C=O) groups excluding carboxylic acids is 1. The Morgan fingerprint density at radius 1 is 0.951 bits per heavy atom. The molecule has 2 aliphatic rings. The average Bonchev–Trinajstić information content (AvgIpc) is 3.26. The lowest BCUT2D eigenvalue weighted by molar-refractivity contribution is -0.122. The fourth-order valence-corrected chi connectivity index (χ4v) is 6.48. The lowest BCUT2D eigenvalue weighted by atomic mass is 10.1. The minimum atomic E-state index is -0.256. The van der Waals surface area contributed by atoms with E-state index in [1.165, 1.54) is 22.2 Å². The van der Waals surface area contributed by atoms with Crippen LogP contribution in [0.1, 0.15) is 16.7 Å². The summed E-state index contributed by atoms with van der Waals surface area (Å²) in [7, 11) is 0. The highest BCUT2D eigenvalue weighted by Gasteiger charge is 2.33. The topological polar surface area (TPSA) is 61.2 Å². The molecule has 4 heterocycles. The number of piperazine rings is 1. The lowest BCUT2D eigenvalue weighted by Crippen LogP contribution is -2.47. The molecular formula is C31H28FN5O2S2. The minimum Gasteiger partial charge on any atom is -0.366 e. The van der Waals surface area contributed by atoms with Crippen molar-refractivity contribution in [3.8, 4) is 0 Å². The Balaban J connectivity index is 1.32. The van der Waals surface area contributed by atoms with Gasteiger partial charge in [0.1, 0.15) is 21.6 Å². The second-order valence-electron chi connectivity index (χ2n) is 10.1. The largest absolute Gasteiger partial charge is 0.366 e. The zero-order valence-corrected chi connectivity index (χ0v) is 24.1. The highest BCUT2D eigenvalue weighted by atomic mass is 32.2. The number of anilines is 2. The number of hydrogen-bond donors (Lipinski definition) is 0. The molecule has 4 aromatic rings. The zero-order chi connectivity index (χ0) is 28.5. The summed E-state index contributed by atoms with van der Waals surface area (Å²) in [6, 6.07) is 20.4. The molecule has 0 saturated carbocycles. The van der Waals surface area contributed by atoms with Crippen LogP contribution in [0.25, 0.3) is 11.7 Å². The molecular weight excluding hydrogens is 558 g/mol. The van der Waals surface area contributed by atoms with Crippen molar-refractivity contribution in [2.75, 3.05) is 42.5 Å². The number of pyridine rings is 1. The first-order valence-corrected chi connectivity index (χ1v) is 14.7. The van der Waals surface area contributed by atoms with E-state index in [4.69, 9.17) is 17.2 Å². The summed E-state index contributed by atoms with van der Waals surface area (Å²) in [6.07, 6.45) is 4.08. The van der Waals surface area contributed by atoms with Crippen molar-refractivity contribution >= 4 is 57.4 Å². The number of amides is 1. The van der Waals surface area contributed by atoms with Crippen molar-refractivity contribution in [3.05, 3.63) is 111 Å². The van der Waals surface area contributed by atoms with Gasteiger partial charge in [0, 0.05) is 38.9 Å². The zero-order valence-electron chi connectivity index (χ0n) is 22.5. The molecule has 2 saturated heterocycles. The van der Waals surface area contributed by atoms with Gasteiger partial charge in [-0.05, 0) is 48.7 Å². The van der Waals surface area contributed by atoms with Gasteiger partial charge in [-0.3, -0.25) is 18.9 Å². The number of halogens is 1. The third-order valence-corrected chi connectivity index (χ3v) is 8.75. The number of para-hydroxylation sites is 1. The van der Waals surface area contributed by atoms with Gasteiger partial charge in [0.05, 0.1) is 16.2 Å². The Morgan fingerprint density at radius 2 is 1.66 bits per heavy atom. The number of rotatable bonds is 6. The van der Waals surface area contributed by atoms with Crippen LogP contribution in [-0.2, 0) is 11.2 Å². The van der Waals surface area contributed by atoms with Crippen LogP contribution < -0.4 is 15.4 Å². The molecule has 0 N–H and O–H groups in total. The second kappa shape index (κ2) is 11.5. The van der Waals surface area contributed by atoms with Crippen LogP contribution in [0.3, 0.4) is 0 Å². The fraction of sp³-hybridized carbons (Fsp3) is 0.226. The van der Waals surface area contributed by atoms with E-state index in [2.05, 4.69) is 0 Å². The number of carbonyl (C=O) groups is 1. The summed E-state index contributed by atoms with van der Waals surface area (Å²) < 4.78 is 16.4. The summed E-state index contributed by atoms with van der Waals surface area (Å²) in [6.45, 7) is 4.60. The van der Waals surface area contributed by atoms with Gasteiger partial charge >= 0.3 is 0 Å². The van der Waals surface area contributed by atoms with Gasteiger partial charge in [-0.1, -0.05) is 72.5 Å². The van der Waals surface area contributed by atoms with Gasteiger partial charge in [0.25, 0.3) is 11.5 Å². The molecule has 6 rings (SSSR count). The Kier molecular flexibility index (Phi) is 7.59. The predicted octanol–water partition coefficient (Wildman–Crippen LogP) is 4.91. The van der Waals surface area contributed by atoms with Crippen LogP contribution in [0.4, 0.5) is 15.9 Å². The Hall–Kier alpha value is -4.02. The van der Waals surface area contributed by atoms with E-state index in [0.717, 1.165) is 11.1 Å². The van der Waals surface area contributed by atoms with Gasteiger partial charge < -0.3 is 9.80 Å². The lowest BCUT2D eigenvalue weighted by Gasteiger charge is -2.37. The molecule has 41 heavy (non-hydrogen) atoms. The SMILES string of the molecule is Cc1ccc2nc(N3CCN(c4ccccc4F)CC3)c(/C=C3/SC(=S)N(CCc4ccccc4)C3=O)c(=O)n2c1. The van der Waals surface area contributed by atoms with Crippen LogP contribution in [0.5, 0.6) is 0 Å². The summed E-state index contributed by atoms with van der Waals surface area (Å²) >= 11 is 6.77. The molecule has 0 radical (unpaired) electrons. The number of aromatic nitrogens is 2. The number of thioether (sulfide) groups is 1. The Labute approximate surface area is 246 Å². The van der Waals surface area contributed by atoms with Crippen LogP contribution >= 0.6 is 24.0 Å². The number of aryl methyl sites for hydroxylation is 1. The maximum absolute atomic E-state index is 14.4. The fourth-order valence-electron chi connectivity index (χ4n) is 5.19. The van der Waals surface area contributed by atoms with Crippen molar-refractivity contribution < 1.29 is 9.18 Å². The summed E-state index contributed by atoms with van der Waals surface area (Å²) in [5.74, 6) is 0.0509. The monoisotopic (exact) mass is 585 g/mol. The highest BCUT2D eigenvalue weighted by Crippen LogP contribution is 2.34. The molecule has 0 unspecified atom stereocenters. The highest BCUT2D eigenvalue weighted by molar-refractivity contribution is 8.26. The van der Waals surface area contributed by atoms with E-state index in [1.54, 1.807) is 29.3 Å². The Bertz CT molecular complexity index is 1730. The molecule has 208 valence electrons. The van der Waals surface area contributed by atoms with Crippen molar-refractivity contribution in [1.82, 2.24) is 14.3 Å². The number of benzene rings is 2. The van der Waals surface area contributed by atoms with E-state index in [1.807, 2.05) is 65.3 Å². The molecule has 1 amide bonds. The van der Waals surface area contributed by atoms with Crippen LogP contribution in [0, 0.1) is 12.7 Å². The quantitative estimate of drug-likeness (QED) is 0.235. The van der Waals surface area contributed by atoms with Crippen LogP contribution in [0.15, 0.2) is 82.6 Å². The van der Waals surface area contributed by atoms with Crippen molar-refractivity contribution in [2.45, 2.75) is 13.3 Å². The van der Waals surface area contributed by atoms with Crippen LogP contribution in [-0.4, -0.2) is 57.2 Å². The maximum Gasteiger partial charge on any atom is 0.267 e. The van der Waals surface area contributed by atoms with E-state index in [0.29, 0.717) is 71.1 Å². The molecule has 0 spiro atoms. The van der Waals surface area contributed by atoms with E-state index >= 15 is 0 Å². The number of thiocarbonyl (C=S) groups is 1. The van der Waals surface area contributed by atoms with Gasteiger partial charge in [-0.25, -0.2) is 9.37 Å². The van der Waals surface area contributed by atoms with Gasteiger partial charge in [0.15, 0.2) is 0 Å².